The molecule has 2 aliphatic heterocycles. The average Bonchev–Trinajstić information content (AvgIpc) is 3.17. The van der Waals surface area contributed by atoms with E-state index in [0.29, 0.717) is 13.2 Å². The Hall–Kier alpha value is -2.37. The number of para-hydroxylation sites is 1. The molecule has 24 heavy (non-hydrogen) atoms. The summed E-state index contributed by atoms with van der Waals surface area (Å²) in [4.78, 5) is 19.4. The lowest BCUT2D eigenvalue weighted by Gasteiger charge is -2.34. The van der Waals surface area contributed by atoms with Gasteiger partial charge in [0.1, 0.15) is 29.9 Å². The van der Waals surface area contributed by atoms with Gasteiger partial charge in [-0.05, 0) is 32.8 Å². The maximum Gasteiger partial charge on any atom is 0.233 e. The van der Waals surface area contributed by atoms with Gasteiger partial charge in [0.05, 0.1) is 6.04 Å². The minimum absolute atomic E-state index is 0.166. The zero-order chi connectivity index (χ0) is 16.7. The summed E-state index contributed by atoms with van der Waals surface area (Å²) < 4.78 is 7.66. The molecule has 0 aliphatic carbocycles. The first-order chi connectivity index (χ1) is 11.6. The topological polar surface area (TPSA) is 60.2 Å². The standard InChI is InChI=1S/C18H22N4O2/c1-12-19-13(2)22(20-12)14-6-5-9-21(10-14)18(23)16-11-24-17-8-4-3-7-15(16)17/h3-4,7-8,14,16H,5-6,9-11H2,1-2H3/t14-,16+/m0/s1. The number of piperidine rings is 1. The van der Waals surface area contributed by atoms with E-state index in [-0.39, 0.29) is 17.9 Å². The van der Waals surface area contributed by atoms with Gasteiger partial charge in [-0.2, -0.15) is 5.10 Å². The quantitative estimate of drug-likeness (QED) is 0.849. The highest BCUT2D eigenvalue weighted by molar-refractivity contribution is 5.85. The van der Waals surface area contributed by atoms with Gasteiger partial charge in [-0.15, -0.1) is 0 Å². The van der Waals surface area contributed by atoms with Crippen molar-refractivity contribution in [1.29, 1.82) is 0 Å². The van der Waals surface area contributed by atoms with Crippen LogP contribution in [0, 0.1) is 13.8 Å². The van der Waals surface area contributed by atoms with Crippen LogP contribution in [0.5, 0.6) is 5.75 Å². The van der Waals surface area contributed by atoms with Crippen LogP contribution in [0.3, 0.4) is 0 Å². The Morgan fingerprint density at radius 3 is 2.92 bits per heavy atom. The lowest BCUT2D eigenvalue weighted by molar-refractivity contribution is -0.134. The van der Waals surface area contributed by atoms with E-state index in [1.54, 1.807) is 0 Å². The van der Waals surface area contributed by atoms with Crippen LogP contribution >= 0.6 is 0 Å². The largest absolute Gasteiger partial charge is 0.492 e. The van der Waals surface area contributed by atoms with E-state index >= 15 is 0 Å². The maximum atomic E-state index is 13.0. The molecule has 0 saturated carbocycles. The number of fused-ring (bicyclic) bond motifs is 1. The SMILES string of the molecule is Cc1nc(C)n([C@H]2CCCN(C(=O)[C@@H]3COc4ccccc43)C2)n1. The Labute approximate surface area is 141 Å². The molecule has 1 aromatic carbocycles. The van der Waals surface area contributed by atoms with Crippen molar-refractivity contribution >= 4 is 5.91 Å². The summed E-state index contributed by atoms with van der Waals surface area (Å²) in [5, 5.41) is 4.50. The van der Waals surface area contributed by atoms with E-state index in [1.807, 2.05) is 47.7 Å². The predicted octanol–water partition coefficient (Wildman–Crippen LogP) is 2.23. The molecule has 1 aromatic heterocycles. The van der Waals surface area contributed by atoms with Crippen molar-refractivity contribution in [1.82, 2.24) is 19.7 Å². The van der Waals surface area contributed by atoms with E-state index < -0.39 is 0 Å². The number of aromatic nitrogens is 3. The third-order valence-corrected chi connectivity index (χ3v) is 4.96. The summed E-state index contributed by atoms with van der Waals surface area (Å²) in [5.41, 5.74) is 1.01. The predicted molar refractivity (Wildman–Crippen MR) is 89.0 cm³/mol. The lowest BCUT2D eigenvalue weighted by atomic mass is 9.97. The number of ether oxygens (including phenoxy) is 1. The van der Waals surface area contributed by atoms with Gasteiger partial charge < -0.3 is 9.64 Å². The molecule has 0 radical (unpaired) electrons. The molecule has 1 fully saturated rings. The molecular weight excluding hydrogens is 304 g/mol. The number of rotatable bonds is 2. The molecule has 1 amide bonds. The number of carbonyl (C=O) groups is 1. The number of benzene rings is 1. The zero-order valence-electron chi connectivity index (χ0n) is 14.1. The van der Waals surface area contributed by atoms with Gasteiger partial charge in [-0.25, -0.2) is 9.67 Å². The number of aryl methyl sites for hydroxylation is 2. The molecule has 0 N–H and O–H groups in total. The van der Waals surface area contributed by atoms with Crippen LogP contribution in [-0.2, 0) is 4.79 Å². The Bertz CT molecular complexity index is 770. The number of nitrogens with zero attached hydrogens (tertiary/aromatic N) is 4. The van der Waals surface area contributed by atoms with Crippen LogP contribution in [-0.4, -0.2) is 45.3 Å². The Balaban J connectivity index is 1.52. The van der Waals surface area contributed by atoms with Crippen LogP contribution in [0.25, 0.3) is 0 Å². The maximum absolute atomic E-state index is 13.0. The van der Waals surface area contributed by atoms with Gasteiger partial charge in [0.25, 0.3) is 0 Å². The van der Waals surface area contributed by atoms with Gasteiger partial charge in [0.2, 0.25) is 5.91 Å². The van der Waals surface area contributed by atoms with Crippen LogP contribution in [0.4, 0.5) is 0 Å². The van der Waals surface area contributed by atoms with Crippen LogP contribution in [0.2, 0.25) is 0 Å². The van der Waals surface area contributed by atoms with E-state index in [2.05, 4.69) is 10.1 Å². The van der Waals surface area contributed by atoms with Gasteiger partial charge in [-0.1, -0.05) is 18.2 Å². The minimum Gasteiger partial charge on any atom is -0.492 e. The molecule has 6 heteroatoms. The molecule has 0 unspecified atom stereocenters. The first kappa shape index (κ1) is 15.2. The molecule has 126 valence electrons. The third kappa shape index (κ3) is 2.56. The minimum atomic E-state index is -0.182. The highest BCUT2D eigenvalue weighted by Crippen LogP contribution is 2.35. The molecule has 2 atom stereocenters. The summed E-state index contributed by atoms with van der Waals surface area (Å²) >= 11 is 0. The monoisotopic (exact) mass is 326 g/mol. The smallest absolute Gasteiger partial charge is 0.233 e. The van der Waals surface area contributed by atoms with Crippen molar-refractivity contribution < 1.29 is 9.53 Å². The summed E-state index contributed by atoms with van der Waals surface area (Å²) in [5.74, 6) is 2.53. The molecule has 1 saturated heterocycles. The van der Waals surface area contributed by atoms with Crippen molar-refractivity contribution in [2.75, 3.05) is 19.7 Å². The fourth-order valence-corrected chi connectivity index (χ4v) is 3.82. The van der Waals surface area contributed by atoms with Crippen LogP contribution in [0.1, 0.15) is 42.0 Å². The van der Waals surface area contributed by atoms with Crippen molar-refractivity contribution in [3.63, 3.8) is 0 Å². The fourth-order valence-electron chi connectivity index (χ4n) is 3.82. The number of amides is 1. The number of hydrogen-bond acceptors (Lipinski definition) is 4. The Kier molecular flexibility index (Phi) is 3.75. The van der Waals surface area contributed by atoms with Crippen molar-refractivity contribution in [3.05, 3.63) is 41.5 Å². The number of carbonyl (C=O) groups excluding carboxylic acids is 1. The summed E-state index contributed by atoms with van der Waals surface area (Å²) in [6.07, 6.45) is 2.02. The van der Waals surface area contributed by atoms with Gasteiger partial charge in [0, 0.05) is 18.7 Å². The Morgan fingerprint density at radius 2 is 2.12 bits per heavy atom. The second-order valence-electron chi connectivity index (χ2n) is 6.63. The van der Waals surface area contributed by atoms with E-state index in [1.165, 1.54) is 0 Å². The molecule has 0 bridgehead atoms. The fraction of sp³-hybridized carbons (Fsp3) is 0.500. The van der Waals surface area contributed by atoms with E-state index in [0.717, 1.165) is 42.3 Å². The number of likely N-dealkylation sites (tertiary alicyclic amines) is 1. The van der Waals surface area contributed by atoms with E-state index in [9.17, 15) is 4.79 Å². The average molecular weight is 326 g/mol. The summed E-state index contributed by atoms with van der Waals surface area (Å²) in [7, 11) is 0. The summed E-state index contributed by atoms with van der Waals surface area (Å²) in [6.45, 7) is 5.83. The van der Waals surface area contributed by atoms with Gasteiger partial charge >= 0.3 is 0 Å². The first-order valence-electron chi connectivity index (χ1n) is 8.54. The lowest BCUT2D eigenvalue weighted by Crippen LogP contribution is -2.43. The second-order valence-corrected chi connectivity index (χ2v) is 6.63. The molecular formula is C18H22N4O2. The van der Waals surface area contributed by atoms with Crippen molar-refractivity contribution in [3.8, 4) is 5.75 Å². The van der Waals surface area contributed by atoms with Crippen LogP contribution in [0.15, 0.2) is 24.3 Å². The highest BCUT2D eigenvalue weighted by atomic mass is 16.5. The van der Waals surface area contributed by atoms with E-state index in [4.69, 9.17) is 4.74 Å². The zero-order valence-corrected chi connectivity index (χ0v) is 14.1. The van der Waals surface area contributed by atoms with Crippen molar-refractivity contribution in [2.45, 2.75) is 38.6 Å². The third-order valence-electron chi connectivity index (χ3n) is 4.96. The molecule has 0 spiro atoms. The van der Waals surface area contributed by atoms with Crippen LogP contribution < -0.4 is 4.74 Å². The highest BCUT2D eigenvalue weighted by Gasteiger charge is 2.35. The van der Waals surface area contributed by atoms with Crippen molar-refractivity contribution in [2.24, 2.45) is 0 Å². The molecule has 2 aliphatic rings. The molecule has 4 rings (SSSR count). The molecule has 6 nitrogen and oxygen atoms in total. The normalized spacial score (nSPS) is 23.0. The summed E-state index contributed by atoms with van der Waals surface area (Å²) in [6, 6.07) is 8.05. The molecule has 2 aromatic rings. The Morgan fingerprint density at radius 1 is 1.29 bits per heavy atom. The second kappa shape index (κ2) is 5.92. The van der Waals surface area contributed by atoms with Gasteiger partial charge in [0.15, 0.2) is 0 Å². The first-order valence-corrected chi connectivity index (χ1v) is 8.54. The van der Waals surface area contributed by atoms with Gasteiger partial charge in [-0.3, -0.25) is 4.79 Å². The molecule has 3 heterocycles. The number of hydrogen-bond donors (Lipinski definition) is 0.